The molecule has 1 aromatic heterocycles. The van der Waals surface area contributed by atoms with E-state index in [1.165, 1.54) is 12.1 Å². The predicted molar refractivity (Wildman–Crippen MR) is 116 cm³/mol. The molecule has 1 amide bonds. The number of hydrogen-bond acceptors (Lipinski definition) is 7. The standard InChI is InChI=1S/C22H20F3NO7S/c1-21(2,3)32-20(28)26-11-13-5-4-6-14(9-13)17-10-15(12-27)18(16-7-8-31-19(16)17)33-34(29,30)22(23,24)25/h4-10,12H,11H2,1-3H3,(H,26,28). The van der Waals surface area contributed by atoms with Crippen LogP contribution in [0.2, 0.25) is 0 Å². The van der Waals surface area contributed by atoms with E-state index < -0.39 is 38.6 Å². The number of hydrogen-bond donors (Lipinski definition) is 1. The highest BCUT2D eigenvalue weighted by molar-refractivity contribution is 7.88. The molecule has 8 nitrogen and oxygen atoms in total. The van der Waals surface area contributed by atoms with Crippen molar-refractivity contribution < 1.29 is 44.5 Å². The Hall–Kier alpha value is -3.54. The third-order valence-corrected chi connectivity index (χ3v) is 5.35. The van der Waals surface area contributed by atoms with Gasteiger partial charge in [0, 0.05) is 12.1 Å². The van der Waals surface area contributed by atoms with Gasteiger partial charge in [-0.2, -0.15) is 21.6 Å². The highest BCUT2D eigenvalue weighted by Crippen LogP contribution is 2.40. The van der Waals surface area contributed by atoms with Gasteiger partial charge in [-0.1, -0.05) is 18.2 Å². The van der Waals surface area contributed by atoms with E-state index in [1.807, 2.05) is 0 Å². The van der Waals surface area contributed by atoms with Crippen LogP contribution in [-0.4, -0.2) is 31.9 Å². The number of benzene rings is 2. The van der Waals surface area contributed by atoms with E-state index in [2.05, 4.69) is 9.50 Å². The number of fused-ring (bicyclic) bond motifs is 1. The molecule has 3 aromatic rings. The summed E-state index contributed by atoms with van der Waals surface area (Å²) in [6, 6.07) is 9.05. The molecule has 0 spiro atoms. The summed E-state index contributed by atoms with van der Waals surface area (Å²) < 4.78 is 76.4. The number of halogens is 3. The van der Waals surface area contributed by atoms with Crippen molar-refractivity contribution in [1.29, 1.82) is 0 Å². The van der Waals surface area contributed by atoms with Gasteiger partial charge in [-0.3, -0.25) is 4.79 Å². The first-order valence-corrected chi connectivity index (χ1v) is 11.2. The Morgan fingerprint density at radius 2 is 1.85 bits per heavy atom. The van der Waals surface area contributed by atoms with E-state index in [0.29, 0.717) is 16.7 Å². The molecule has 0 atom stereocenters. The Kier molecular flexibility index (Phi) is 6.65. The first-order chi connectivity index (χ1) is 15.7. The van der Waals surface area contributed by atoms with E-state index in [1.54, 1.807) is 45.0 Å². The van der Waals surface area contributed by atoms with Crippen molar-refractivity contribution in [2.45, 2.75) is 38.4 Å². The average molecular weight is 499 g/mol. The van der Waals surface area contributed by atoms with Gasteiger partial charge in [0.05, 0.1) is 17.2 Å². The van der Waals surface area contributed by atoms with Crippen LogP contribution in [0.25, 0.3) is 22.1 Å². The molecule has 0 aliphatic carbocycles. The lowest BCUT2D eigenvalue weighted by molar-refractivity contribution is -0.0499. The van der Waals surface area contributed by atoms with Crippen LogP contribution in [0.5, 0.6) is 5.75 Å². The van der Waals surface area contributed by atoms with Crippen molar-refractivity contribution >= 4 is 33.5 Å². The van der Waals surface area contributed by atoms with Crippen LogP contribution in [0.4, 0.5) is 18.0 Å². The second kappa shape index (κ2) is 9.01. The Labute approximate surface area is 192 Å². The van der Waals surface area contributed by atoms with Gasteiger partial charge in [0.25, 0.3) is 0 Å². The van der Waals surface area contributed by atoms with E-state index >= 15 is 0 Å². The molecule has 3 rings (SSSR count). The minimum atomic E-state index is -6.02. The van der Waals surface area contributed by atoms with Crippen LogP contribution in [0.15, 0.2) is 47.1 Å². The number of alkyl carbamates (subject to hydrolysis) is 1. The molecular formula is C22H20F3NO7S. The van der Waals surface area contributed by atoms with E-state index in [4.69, 9.17) is 9.15 Å². The fourth-order valence-electron chi connectivity index (χ4n) is 3.03. The van der Waals surface area contributed by atoms with E-state index in [9.17, 15) is 31.2 Å². The number of nitrogens with one attached hydrogen (secondary N) is 1. The topological polar surface area (TPSA) is 112 Å². The molecule has 2 aromatic carbocycles. The molecule has 0 fully saturated rings. The predicted octanol–water partition coefficient (Wildman–Crippen LogP) is 5.17. The second-order valence-electron chi connectivity index (χ2n) is 8.16. The molecule has 0 radical (unpaired) electrons. The summed E-state index contributed by atoms with van der Waals surface area (Å²) in [6.45, 7) is 5.27. The lowest BCUT2D eigenvalue weighted by atomic mass is 9.98. The number of ether oxygens (including phenoxy) is 1. The van der Waals surface area contributed by atoms with Crippen molar-refractivity contribution in [2.24, 2.45) is 0 Å². The lowest BCUT2D eigenvalue weighted by Gasteiger charge is -2.19. The molecule has 182 valence electrons. The maximum atomic E-state index is 12.8. The third-order valence-electron chi connectivity index (χ3n) is 4.39. The zero-order valence-electron chi connectivity index (χ0n) is 18.2. The zero-order chi connectivity index (χ0) is 25.3. The van der Waals surface area contributed by atoms with Gasteiger partial charge >= 0.3 is 21.7 Å². The maximum Gasteiger partial charge on any atom is 0.534 e. The largest absolute Gasteiger partial charge is 0.534 e. The summed E-state index contributed by atoms with van der Waals surface area (Å²) in [6.07, 6.45) is 0.691. The summed E-state index contributed by atoms with van der Waals surface area (Å²) in [7, 11) is -6.02. The molecule has 1 N–H and O–H groups in total. The molecule has 0 saturated heterocycles. The minimum absolute atomic E-state index is 0.00947. The van der Waals surface area contributed by atoms with Crippen LogP contribution >= 0.6 is 0 Å². The van der Waals surface area contributed by atoms with Crippen molar-refractivity contribution in [1.82, 2.24) is 5.32 Å². The maximum absolute atomic E-state index is 12.8. The van der Waals surface area contributed by atoms with E-state index in [0.717, 1.165) is 6.26 Å². The molecule has 0 saturated carbocycles. The number of aldehydes is 1. The molecule has 12 heteroatoms. The molecule has 34 heavy (non-hydrogen) atoms. The van der Waals surface area contributed by atoms with Gasteiger partial charge < -0.3 is 18.7 Å². The second-order valence-corrected chi connectivity index (χ2v) is 9.70. The van der Waals surface area contributed by atoms with Gasteiger partial charge in [0.1, 0.15) is 11.2 Å². The van der Waals surface area contributed by atoms with Gasteiger partial charge in [-0.25, -0.2) is 4.79 Å². The Balaban J connectivity index is 1.99. The Bertz CT molecular complexity index is 1340. The monoisotopic (exact) mass is 499 g/mol. The summed E-state index contributed by atoms with van der Waals surface area (Å²) >= 11 is 0. The molecule has 0 aliphatic rings. The first kappa shape index (κ1) is 25.1. The van der Waals surface area contributed by atoms with Gasteiger partial charge in [-0.05, 0) is 50.1 Å². The van der Waals surface area contributed by atoms with Crippen LogP contribution < -0.4 is 9.50 Å². The molecule has 1 heterocycles. The van der Waals surface area contributed by atoms with Crippen molar-refractivity contribution in [3.05, 3.63) is 53.8 Å². The fourth-order valence-corrected chi connectivity index (χ4v) is 3.53. The van der Waals surface area contributed by atoms with Crippen LogP contribution in [0, 0.1) is 0 Å². The van der Waals surface area contributed by atoms with E-state index in [-0.39, 0.29) is 23.8 Å². The summed E-state index contributed by atoms with van der Waals surface area (Å²) in [5.41, 5.74) is -5.32. The van der Waals surface area contributed by atoms with Gasteiger partial charge in [-0.15, -0.1) is 0 Å². The quantitative estimate of drug-likeness (QED) is 0.283. The first-order valence-electron chi connectivity index (χ1n) is 9.78. The van der Waals surface area contributed by atoms with Crippen molar-refractivity contribution in [3.8, 4) is 16.9 Å². The van der Waals surface area contributed by atoms with Gasteiger partial charge in [0.2, 0.25) is 0 Å². The summed E-state index contributed by atoms with van der Waals surface area (Å²) in [4.78, 5) is 23.5. The SMILES string of the molecule is CC(C)(C)OC(=O)NCc1cccc(-c2cc(C=O)c(OS(=O)(=O)C(F)(F)F)c3ccoc23)c1. The zero-order valence-corrected chi connectivity index (χ0v) is 19.0. The fraction of sp³-hybridized carbons (Fsp3) is 0.273. The van der Waals surface area contributed by atoms with Crippen LogP contribution in [0.3, 0.4) is 0 Å². The smallest absolute Gasteiger partial charge is 0.464 e. The van der Waals surface area contributed by atoms with Gasteiger partial charge in [0.15, 0.2) is 12.0 Å². The average Bonchev–Trinajstić information content (AvgIpc) is 3.20. The number of carbonyl (C=O) groups excluding carboxylic acids is 2. The number of rotatable bonds is 6. The lowest BCUT2D eigenvalue weighted by Crippen LogP contribution is -2.32. The molecule has 0 bridgehead atoms. The Morgan fingerprint density at radius 1 is 1.15 bits per heavy atom. The highest BCUT2D eigenvalue weighted by Gasteiger charge is 2.49. The minimum Gasteiger partial charge on any atom is -0.464 e. The van der Waals surface area contributed by atoms with Crippen LogP contribution in [-0.2, 0) is 21.4 Å². The van der Waals surface area contributed by atoms with Crippen molar-refractivity contribution in [2.75, 3.05) is 0 Å². The Morgan fingerprint density at radius 3 is 2.47 bits per heavy atom. The number of carbonyl (C=O) groups is 2. The normalized spacial score (nSPS) is 12.4. The number of alkyl halides is 3. The highest BCUT2D eigenvalue weighted by atomic mass is 32.2. The van der Waals surface area contributed by atoms with Crippen molar-refractivity contribution in [3.63, 3.8) is 0 Å². The summed E-state index contributed by atoms with van der Waals surface area (Å²) in [5, 5.41) is 2.47. The number of furan rings is 1. The number of amides is 1. The summed E-state index contributed by atoms with van der Waals surface area (Å²) in [5.74, 6) is -0.789. The van der Waals surface area contributed by atoms with Crippen LogP contribution in [0.1, 0.15) is 36.7 Å². The third kappa shape index (κ3) is 5.50. The molecule has 0 unspecified atom stereocenters. The molecule has 0 aliphatic heterocycles. The molecular weight excluding hydrogens is 479 g/mol.